The van der Waals surface area contributed by atoms with Crippen LogP contribution in [0, 0.1) is 11.8 Å². The smallest absolute Gasteiger partial charge is 0.317 e. The first-order valence-corrected chi connectivity index (χ1v) is 6.30. The van der Waals surface area contributed by atoms with Gasteiger partial charge in [0.15, 0.2) is 0 Å². The molecule has 1 rings (SSSR count). The van der Waals surface area contributed by atoms with Crippen molar-refractivity contribution in [2.45, 2.75) is 13.3 Å². The molecule has 0 bridgehead atoms. The van der Waals surface area contributed by atoms with Gasteiger partial charge in [-0.05, 0) is 25.9 Å². The quantitative estimate of drug-likeness (QED) is 0.743. The van der Waals surface area contributed by atoms with E-state index in [1.54, 1.807) is 18.9 Å². The molecule has 18 heavy (non-hydrogen) atoms. The summed E-state index contributed by atoms with van der Waals surface area (Å²) < 4.78 is 0. The molecule has 1 aliphatic rings. The fraction of sp³-hybridized carbons (Fsp3) is 0.833. The molecular formula is C12H23N3O3. The van der Waals surface area contributed by atoms with E-state index >= 15 is 0 Å². The van der Waals surface area contributed by atoms with Gasteiger partial charge in [-0.25, -0.2) is 4.79 Å². The van der Waals surface area contributed by atoms with Gasteiger partial charge in [0.05, 0.1) is 5.92 Å². The first-order valence-electron chi connectivity index (χ1n) is 6.30. The number of amides is 2. The predicted octanol–water partition coefficient (Wildman–Crippen LogP) is 0.300. The molecule has 1 saturated heterocycles. The standard InChI is InChI=1S/C12H23N3O3/c1-9(11(16)17)6-13-12(18)15(3)8-10-4-5-14(2)7-10/h9-10H,4-8H2,1-3H3,(H,13,18)(H,16,17). The molecule has 1 fully saturated rings. The highest BCUT2D eigenvalue weighted by Crippen LogP contribution is 2.14. The molecule has 2 amide bonds. The highest BCUT2D eigenvalue weighted by molar-refractivity contribution is 5.75. The summed E-state index contributed by atoms with van der Waals surface area (Å²) in [6.07, 6.45) is 1.11. The lowest BCUT2D eigenvalue weighted by molar-refractivity contribution is -0.140. The number of nitrogens with one attached hydrogen (secondary N) is 1. The number of hydrogen-bond donors (Lipinski definition) is 2. The number of carbonyl (C=O) groups is 2. The van der Waals surface area contributed by atoms with Crippen molar-refractivity contribution in [1.29, 1.82) is 0 Å². The molecule has 0 aromatic heterocycles. The molecule has 0 saturated carbocycles. The molecule has 104 valence electrons. The maximum absolute atomic E-state index is 11.7. The van der Waals surface area contributed by atoms with Crippen LogP contribution >= 0.6 is 0 Å². The average molecular weight is 257 g/mol. The Morgan fingerprint density at radius 2 is 2.22 bits per heavy atom. The van der Waals surface area contributed by atoms with E-state index in [-0.39, 0.29) is 12.6 Å². The van der Waals surface area contributed by atoms with Crippen molar-refractivity contribution in [3.63, 3.8) is 0 Å². The van der Waals surface area contributed by atoms with Crippen LogP contribution in [0.3, 0.4) is 0 Å². The number of likely N-dealkylation sites (tertiary alicyclic amines) is 1. The van der Waals surface area contributed by atoms with Crippen LogP contribution in [0.4, 0.5) is 4.79 Å². The molecule has 2 unspecified atom stereocenters. The van der Waals surface area contributed by atoms with Crippen LogP contribution in [-0.4, -0.2) is 67.2 Å². The van der Waals surface area contributed by atoms with Crippen LogP contribution in [0.25, 0.3) is 0 Å². The lowest BCUT2D eigenvalue weighted by atomic mass is 10.1. The van der Waals surface area contributed by atoms with Gasteiger partial charge < -0.3 is 20.2 Å². The van der Waals surface area contributed by atoms with Gasteiger partial charge >= 0.3 is 12.0 Å². The van der Waals surface area contributed by atoms with Crippen molar-refractivity contribution in [2.24, 2.45) is 11.8 Å². The minimum atomic E-state index is -0.893. The van der Waals surface area contributed by atoms with E-state index in [2.05, 4.69) is 17.3 Å². The van der Waals surface area contributed by atoms with Crippen molar-refractivity contribution < 1.29 is 14.7 Å². The third-order valence-corrected chi connectivity index (χ3v) is 3.35. The topological polar surface area (TPSA) is 72.9 Å². The largest absolute Gasteiger partial charge is 0.481 e. The third kappa shape index (κ3) is 4.52. The van der Waals surface area contributed by atoms with Crippen molar-refractivity contribution >= 4 is 12.0 Å². The molecule has 1 heterocycles. The zero-order valence-corrected chi connectivity index (χ0v) is 11.3. The summed E-state index contributed by atoms with van der Waals surface area (Å²) in [4.78, 5) is 26.3. The number of hydrogen-bond acceptors (Lipinski definition) is 3. The number of carbonyl (C=O) groups excluding carboxylic acids is 1. The second-order valence-corrected chi connectivity index (χ2v) is 5.22. The normalized spacial score (nSPS) is 21.6. The molecule has 6 nitrogen and oxygen atoms in total. The van der Waals surface area contributed by atoms with E-state index in [0.29, 0.717) is 5.92 Å². The van der Waals surface area contributed by atoms with Gasteiger partial charge in [0, 0.05) is 26.7 Å². The lowest BCUT2D eigenvalue weighted by Crippen LogP contribution is -2.42. The monoisotopic (exact) mass is 257 g/mol. The second-order valence-electron chi connectivity index (χ2n) is 5.22. The lowest BCUT2D eigenvalue weighted by Gasteiger charge is -2.22. The highest BCUT2D eigenvalue weighted by atomic mass is 16.4. The summed E-state index contributed by atoms with van der Waals surface area (Å²) in [5, 5.41) is 11.4. The fourth-order valence-electron chi connectivity index (χ4n) is 2.11. The van der Waals surface area contributed by atoms with Gasteiger partial charge in [0.1, 0.15) is 0 Å². The van der Waals surface area contributed by atoms with Gasteiger partial charge in [0.25, 0.3) is 0 Å². The van der Waals surface area contributed by atoms with Crippen LogP contribution in [0.15, 0.2) is 0 Å². The van der Waals surface area contributed by atoms with Crippen LogP contribution in [-0.2, 0) is 4.79 Å². The van der Waals surface area contributed by atoms with Gasteiger partial charge in [-0.3, -0.25) is 4.79 Å². The summed E-state index contributed by atoms with van der Waals surface area (Å²) in [7, 11) is 3.83. The van der Waals surface area contributed by atoms with Crippen molar-refractivity contribution in [1.82, 2.24) is 15.1 Å². The molecule has 1 aliphatic heterocycles. The maximum atomic E-state index is 11.7. The van der Waals surface area contributed by atoms with Crippen LogP contribution in [0.5, 0.6) is 0 Å². The van der Waals surface area contributed by atoms with Crippen molar-refractivity contribution in [3.8, 4) is 0 Å². The molecule has 0 aromatic carbocycles. The molecule has 2 N–H and O–H groups in total. The minimum Gasteiger partial charge on any atom is -0.481 e. The summed E-state index contributed by atoms with van der Waals surface area (Å²) in [5.74, 6) is -0.932. The average Bonchev–Trinajstić information content (AvgIpc) is 2.70. The molecule has 6 heteroatoms. The SMILES string of the molecule is CC(CNC(=O)N(C)CC1CCN(C)C1)C(=O)O. The van der Waals surface area contributed by atoms with Gasteiger partial charge in [0.2, 0.25) is 0 Å². The number of carboxylic acids is 1. The zero-order chi connectivity index (χ0) is 13.7. The van der Waals surface area contributed by atoms with Crippen LogP contribution < -0.4 is 5.32 Å². The van der Waals surface area contributed by atoms with Crippen LogP contribution in [0.1, 0.15) is 13.3 Å². The molecule has 0 radical (unpaired) electrons. The fourth-order valence-corrected chi connectivity index (χ4v) is 2.11. The zero-order valence-electron chi connectivity index (χ0n) is 11.3. The summed E-state index contributed by atoms with van der Waals surface area (Å²) >= 11 is 0. The summed E-state index contributed by atoms with van der Waals surface area (Å²) in [5.41, 5.74) is 0. The Morgan fingerprint density at radius 1 is 1.56 bits per heavy atom. The van der Waals surface area contributed by atoms with Gasteiger partial charge in [-0.15, -0.1) is 0 Å². The highest BCUT2D eigenvalue weighted by Gasteiger charge is 2.22. The number of aliphatic carboxylic acids is 1. The van der Waals surface area contributed by atoms with E-state index in [1.807, 2.05) is 0 Å². The number of rotatable bonds is 5. The Labute approximate surface area is 108 Å². The predicted molar refractivity (Wildman–Crippen MR) is 68.4 cm³/mol. The Hall–Kier alpha value is -1.30. The minimum absolute atomic E-state index is 0.170. The van der Waals surface area contributed by atoms with Crippen molar-refractivity contribution in [2.75, 3.05) is 40.3 Å². The Kier molecular flexibility index (Phi) is 5.40. The number of nitrogens with zero attached hydrogens (tertiary/aromatic N) is 2. The van der Waals surface area contributed by atoms with E-state index < -0.39 is 11.9 Å². The molecule has 0 aliphatic carbocycles. The number of carboxylic acid groups (broad SMARTS) is 1. The van der Waals surface area contributed by atoms with E-state index in [4.69, 9.17) is 5.11 Å². The second kappa shape index (κ2) is 6.58. The molecule has 0 aromatic rings. The maximum Gasteiger partial charge on any atom is 0.317 e. The van der Waals surface area contributed by atoms with E-state index in [0.717, 1.165) is 26.1 Å². The summed E-state index contributed by atoms with van der Waals surface area (Å²) in [6, 6.07) is -0.197. The molecule has 2 atom stereocenters. The van der Waals surface area contributed by atoms with Crippen LogP contribution in [0.2, 0.25) is 0 Å². The third-order valence-electron chi connectivity index (χ3n) is 3.35. The van der Waals surface area contributed by atoms with E-state index in [1.165, 1.54) is 0 Å². The Balaban J connectivity index is 2.26. The van der Waals surface area contributed by atoms with Gasteiger partial charge in [-0.1, -0.05) is 6.92 Å². The summed E-state index contributed by atoms with van der Waals surface area (Å²) in [6.45, 7) is 4.56. The Morgan fingerprint density at radius 3 is 2.72 bits per heavy atom. The first-order chi connectivity index (χ1) is 8.40. The first kappa shape index (κ1) is 14.8. The molecular weight excluding hydrogens is 234 g/mol. The van der Waals surface area contributed by atoms with Gasteiger partial charge in [-0.2, -0.15) is 0 Å². The Bertz CT molecular complexity index is 309. The van der Waals surface area contributed by atoms with Crippen molar-refractivity contribution in [3.05, 3.63) is 0 Å². The number of urea groups is 1. The molecule has 0 spiro atoms. The van der Waals surface area contributed by atoms with E-state index in [9.17, 15) is 9.59 Å².